The van der Waals surface area contributed by atoms with Crippen LogP contribution in [0.15, 0.2) is 60.8 Å². The highest BCUT2D eigenvalue weighted by atomic mass is 16.2. The van der Waals surface area contributed by atoms with Gasteiger partial charge in [-0.15, -0.1) is 0 Å². The summed E-state index contributed by atoms with van der Waals surface area (Å²) >= 11 is 0. The van der Waals surface area contributed by atoms with Gasteiger partial charge in [0, 0.05) is 49.4 Å². The van der Waals surface area contributed by atoms with Crippen LogP contribution in [0.25, 0.3) is 0 Å². The van der Waals surface area contributed by atoms with Crippen LogP contribution >= 0.6 is 0 Å². The molecular formula is C29H32N4O2. The van der Waals surface area contributed by atoms with E-state index in [4.69, 9.17) is 0 Å². The quantitative estimate of drug-likeness (QED) is 0.575. The number of carbonyl (C=O) groups is 2. The molecule has 6 heteroatoms. The lowest BCUT2D eigenvalue weighted by Gasteiger charge is -2.33. The van der Waals surface area contributed by atoms with Crippen LogP contribution in [0, 0.1) is 12.8 Å². The van der Waals surface area contributed by atoms with Crippen molar-refractivity contribution in [2.24, 2.45) is 5.92 Å². The number of nitrogens with zero attached hydrogens (tertiary/aromatic N) is 3. The minimum Gasteiger partial charge on any atom is -0.371 e. The Hall–Kier alpha value is -3.67. The first-order chi connectivity index (χ1) is 17.0. The SMILES string of the molecule is Cc1ccc(C(=O)Nc2ccc3c(c2)CN(C(=O)Cc2ccccn2)C3)c(N2CCC(C)CC2)c1. The van der Waals surface area contributed by atoms with Gasteiger partial charge in [0.05, 0.1) is 12.0 Å². The first kappa shape index (κ1) is 23.1. The van der Waals surface area contributed by atoms with E-state index in [2.05, 4.69) is 35.1 Å². The summed E-state index contributed by atoms with van der Waals surface area (Å²) < 4.78 is 0. The van der Waals surface area contributed by atoms with Crippen LogP contribution in [-0.4, -0.2) is 34.8 Å². The molecule has 180 valence electrons. The molecule has 2 aliphatic rings. The minimum atomic E-state index is -0.0975. The molecule has 0 spiro atoms. The second kappa shape index (κ2) is 9.90. The van der Waals surface area contributed by atoms with Gasteiger partial charge in [0.2, 0.25) is 5.91 Å². The van der Waals surface area contributed by atoms with Gasteiger partial charge < -0.3 is 15.1 Å². The molecule has 0 radical (unpaired) electrons. The Morgan fingerprint density at radius 1 is 1.00 bits per heavy atom. The lowest BCUT2D eigenvalue weighted by atomic mass is 9.97. The summed E-state index contributed by atoms with van der Waals surface area (Å²) in [6, 6.07) is 17.6. The minimum absolute atomic E-state index is 0.0608. The van der Waals surface area contributed by atoms with Crippen molar-refractivity contribution in [3.63, 3.8) is 0 Å². The van der Waals surface area contributed by atoms with Gasteiger partial charge in [-0.05, 0) is 78.8 Å². The topological polar surface area (TPSA) is 65.5 Å². The van der Waals surface area contributed by atoms with Crippen molar-refractivity contribution in [3.8, 4) is 0 Å². The third-order valence-electron chi connectivity index (χ3n) is 7.12. The van der Waals surface area contributed by atoms with E-state index >= 15 is 0 Å². The van der Waals surface area contributed by atoms with E-state index in [0.29, 0.717) is 25.1 Å². The molecule has 1 fully saturated rings. The Bertz CT molecular complexity index is 1230. The average molecular weight is 469 g/mol. The van der Waals surface area contributed by atoms with Gasteiger partial charge in [-0.25, -0.2) is 0 Å². The van der Waals surface area contributed by atoms with Crippen LogP contribution in [0.5, 0.6) is 0 Å². The van der Waals surface area contributed by atoms with Crippen molar-refractivity contribution in [3.05, 3.63) is 88.7 Å². The third-order valence-corrected chi connectivity index (χ3v) is 7.12. The molecule has 35 heavy (non-hydrogen) atoms. The Labute approximate surface area is 207 Å². The first-order valence-electron chi connectivity index (χ1n) is 12.4. The number of benzene rings is 2. The van der Waals surface area contributed by atoms with Gasteiger partial charge in [0.15, 0.2) is 0 Å². The number of hydrogen-bond donors (Lipinski definition) is 1. The molecule has 1 aromatic heterocycles. The van der Waals surface area contributed by atoms with Crippen LogP contribution in [-0.2, 0) is 24.3 Å². The van der Waals surface area contributed by atoms with Crippen LogP contribution in [0.3, 0.4) is 0 Å². The zero-order valence-corrected chi connectivity index (χ0v) is 20.5. The number of aromatic nitrogens is 1. The predicted octanol–water partition coefficient (Wildman–Crippen LogP) is 4.96. The molecule has 5 rings (SSSR count). The molecule has 3 aromatic rings. The van der Waals surface area contributed by atoms with Crippen molar-refractivity contribution in [2.75, 3.05) is 23.3 Å². The molecule has 0 unspecified atom stereocenters. The van der Waals surface area contributed by atoms with Crippen molar-refractivity contribution in [1.29, 1.82) is 0 Å². The van der Waals surface area contributed by atoms with Gasteiger partial charge in [0.1, 0.15) is 0 Å². The Kier molecular flexibility index (Phi) is 6.53. The van der Waals surface area contributed by atoms with Crippen LogP contribution in [0.1, 0.15) is 52.5 Å². The number of piperidine rings is 1. The molecule has 1 saturated heterocycles. The van der Waals surface area contributed by atoms with Gasteiger partial charge in [0.25, 0.3) is 5.91 Å². The second-order valence-electron chi connectivity index (χ2n) is 9.88. The standard InChI is InChI=1S/C29H32N4O2/c1-20-10-13-32(14-11-20)27-15-21(2)6-9-26(27)29(35)31-25-8-7-22-18-33(19-23(22)16-25)28(34)17-24-5-3-4-12-30-24/h3-9,12,15-16,20H,10-11,13-14,17-19H2,1-2H3,(H,31,35). The molecule has 0 saturated carbocycles. The number of pyridine rings is 1. The maximum atomic E-state index is 13.3. The van der Waals surface area contributed by atoms with Gasteiger partial charge in [-0.1, -0.05) is 25.1 Å². The fourth-order valence-corrected chi connectivity index (χ4v) is 4.96. The third kappa shape index (κ3) is 5.21. The molecule has 0 atom stereocenters. The lowest BCUT2D eigenvalue weighted by Crippen LogP contribution is -2.34. The van der Waals surface area contributed by atoms with Crippen molar-refractivity contribution in [1.82, 2.24) is 9.88 Å². The number of amides is 2. The molecule has 0 aliphatic carbocycles. The summed E-state index contributed by atoms with van der Waals surface area (Å²) in [6.07, 6.45) is 4.30. The van der Waals surface area contributed by atoms with E-state index < -0.39 is 0 Å². The number of rotatable bonds is 5. The maximum Gasteiger partial charge on any atom is 0.257 e. The Morgan fingerprint density at radius 2 is 1.80 bits per heavy atom. The summed E-state index contributed by atoms with van der Waals surface area (Å²) in [5.41, 5.74) is 6.61. The number of hydrogen-bond acceptors (Lipinski definition) is 4. The molecule has 2 aromatic carbocycles. The smallest absolute Gasteiger partial charge is 0.257 e. The summed E-state index contributed by atoms with van der Waals surface area (Å²) in [6.45, 7) is 7.46. The highest BCUT2D eigenvalue weighted by Gasteiger charge is 2.25. The molecule has 6 nitrogen and oxygen atoms in total. The van der Waals surface area contributed by atoms with E-state index in [0.717, 1.165) is 65.6 Å². The highest BCUT2D eigenvalue weighted by molar-refractivity contribution is 6.08. The molecule has 3 heterocycles. The number of anilines is 2. The van der Waals surface area contributed by atoms with Gasteiger partial charge in [-0.3, -0.25) is 14.6 Å². The highest BCUT2D eigenvalue weighted by Crippen LogP contribution is 2.30. The monoisotopic (exact) mass is 468 g/mol. The van der Waals surface area contributed by atoms with E-state index in [9.17, 15) is 9.59 Å². The van der Waals surface area contributed by atoms with E-state index in [-0.39, 0.29) is 11.8 Å². The normalized spacial score (nSPS) is 15.7. The molecule has 1 N–H and O–H groups in total. The average Bonchev–Trinajstić information content (AvgIpc) is 3.29. The summed E-state index contributed by atoms with van der Waals surface area (Å²) in [4.78, 5) is 34.6. The number of aryl methyl sites for hydroxylation is 1. The first-order valence-corrected chi connectivity index (χ1v) is 12.4. The van der Waals surface area contributed by atoms with Crippen molar-refractivity contribution < 1.29 is 9.59 Å². The summed E-state index contributed by atoms with van der Waals surface area (Å²) in [5, 5.41) is 3.10. The number of carbonyl (C=O) groups excluding carboxylic acids is 2. The van der Waals surface area contributed by atoms with Gasteiger partial charge in [-0.2, -0.15) is 0 Å². The second-order valence-corrected chi connectivity index (χ2v) is 9.88. The van der Waals surface area contributed by atoms with Crippen molar-refractivity contribution in [2.45, 2.75) is 46.2 Å². The Balaban J connectivity index is 1.28. The largest absolute Gasteiger partial charge is 0.371 e. The fraction of sp³-hybridized carbons (Fsp3) is 0.345. The van der Waals surface area contributed by atoms with Gasteiger partial charge >= 0.3 is 0 Å². The molecular weight excluding hydrogens is 436 g/mol. The summed E-state index contributed by atoms with van der Waals surface area (Å²) in [5.74, 6) is 0.695. The maximum absolute atomic E-state index is 13.3. The molecule has 2 aliphatic heterocycles. The molecule has 0 bridgehead atoms. The van der Waals surface area contributed by atoms with Crippen LogP contribution in [0.2, 0.25) is 0 Å². The summed E-state index contributed by atoms with van der Waals surface area (Å²) in [7, 11) is 0. The zero-order chi connectivity index (χ0) is 24.4. The predicted molar refractivity (Wildman–Crippen MR) is 138 cm³/mol. The number of fused-ring (bicyclic) bond motifs is 1. The van der Waals surface area contributed by atoms with Crippen LogP contribution in [0.4, 0.5) is 11.4 Å². The number of nitrogens with one attached hydrogen (secondary N) is 1. The molecule has 2 amide bonds. The van der Waals surface area contributed by atoms with Crippen LogP contribution < -0.4 is 10.2 Å². The fourth-order valence-electron chi connectivity index (χ4n) is 4.96. The van der Waals surface area contributed by atoms with E-state index in [1.54, 1.807) is 6.20 Å². The zero-order valence-electron chi connectivity index (χ0n) is 20.5. The van der Waals surface area contributed by atoms with E-state index in [1.165, 1.54) is 0 Å². The van der Waals surface area contributed by atoms with Crippen molar-refractivity contribution >= 4 is 23.2 Å². The Morgan fingerprint density at radius 3 is 2.57 bits per heavy atom. The lowest BCUT2D eigenvalue weighted by molar-refractivity contribution is -0.131. The van der Waals surface area contributed by atoms with E-state index in [1.807, 2.05) is 53.4 Å².